The minimum absolute atomic E-state index is 0.0234. The molecule has 0 aliphatic rings. The van der Waals surface area contributed by atoms with Crippen LogP contribution in [0.1, 0.15) is 27.6 Å². The van der Waals surface area contributed by atoms with E-state index in [9.17, 15) is 9.90 Å². The minimum atomic E-state index is -1.01. The van der Waals surface area contributed by atoms with Gasteiger partial charge in [0.05, 0.1) is 19.8 Å². The number of amides is 1. The summed E-state index contributed by atoms with van der Waals surface area (Å²) < 4.78 is 10.4. The van der Waals surface area contributed by atoms with Gasteiger partial charge >= 0.3 is 0 Å². The first kappa shape index (κ1) is 19.5. The van der Waals surface area contributed by atoms with Crippen molar-refractivity contribution in [3.05, 3.63) is 63.1 Å². The van der Waals surface area contributed by atoms with Crippen molar-refractivity contribution < 1.29 is 19.4 Å². The third-order valence-electron chi connectivity index (χ3n) is 3.64. The van der Waals surface area contributed by atoms with Gasteiger partial charge in [0, 0.05) is 40.4 Å². The molecule has 134 valence electrons. The maximum Gasteiger partial charge on any atom is 0.251 e. The summed E-state index contributed by atoms with van der Waals surface area (Å²) in [6.45, 7) is 0.360. The molecule has 1 atom stereocenters. The van der Waals surface area contributed by atoms with Crippen molar-refractivity contribution in [3.8, 4) is 5.75 Å². The van der Waals surface area contributed by atoms with Crippen LogP contribution in [-0.4, -0.2) is 31.8 Å². The highest BCUT2D eigenvalue weighted by Gasteiger charge is 2.17. The first-order chi connectivity index (χ1) is 12.0. The van der Waals surface area contributed by atoms with E-state index in [1.165, 1.54) is 7.11 Å². The van der Waals surface area contributed by atoms with Crippen LogP contribution >= 0.6 is 23.2 Å². The maximum absolute atomic E-state index is 12.3. The van der Waals surface area contributed by atoms with E-state index < -0.39 is 6.10 Å². The van der Waals surface area contributed by atoms with Crippen molar-refractivity contribution in [1.29, 1.82) is 0 Å². The predicted molar refractivity (Wildman–Crippen MR) is 97.5 cm³/mol. The molecule has 2 N–H and O–H groups in total. The van der Waals surface area contributed by atoms with Gasteiger partial charge in [0.25, 0.3) is 5.91 Å². The van der Waals surface area contributed by atoms with Gasteiger partial charge in [-0.3, -0.25) is 4.79 Å². The van der Waals surface area contributed by atoms with Crippen molar-refractivity contribution in [2.75, 3.05) is 20.8 Å². The molecular weight excluding hydrogens is 365 g/mol. The number of carbonyl (C=O) groups excluding carboxylic acids is 1. The number of hydrogen-bond acceptors (Lipinski definition) is 4. The Morgan fingerprint density at radius 3 is 2.48 bits per heavy atom. The number of aliphatic hydroxyl groups excluding tert-OH is 1. The molecule has 0 saturated carbocycles. The van der Waals surface area contributed by atoms with E-state index in [0.717, 1.165) is 5.56 Å². The van der Waals surface area contributed by atoms with E-state index in [1.54, 1.807) is 43.5 Å². The van der Waals surface area contributed by atoms with Crippen molar-refractivity contribution in [2.45, 2.75) is 12.7 Å². The highest BCUT2D eigenvalue weighted by Crippen LogP contribution is 2.30. The number of aliphatic hydroxyl groups is 1. The van der Waals surface area contributed by atoms with Crippen LogP contribution in [0.25, 0.3) is 0 Å². The van der Waals surface area contributed by atoms with Gasteiger partial charge in [-0.25, -0.2) is 0 Å². The molecule has 0 spiro atoms. The molecule has 2 aromatic carbocycles. The second kappa shape index (κ2) is 9.06. The molecule has 0 fully saturated rings. The van der Waals surface area contributed by atoms with E-state index in [-0.39, 0.29) is 12.5 Å². The van der Waals surface area contributed by atoms with Crippen LogP contribution in [0, 0.1) is 0 Å². The normalized spacial score (nSPS) is 11.9. The molecule has 0 heterocycles. The molecule has 0 radical (unpaired) electrons. The Kier molecular flexibility index (Phi) is 7.08. The first-order valence-corrected chi connectivity index (χ1v) is 8.29. The number of rotatable bonds is 7. The van der Waals surface area contributed by atoms with Gasteiger partial charge in [-0.15, -0.1) is 0 Å². The molecule has 0 saturated heterocycles. The topological polar surface area (TPSA) is 67.8 Å². The molecule has 1 amide bonds. The van der Waals surface area contributed by atoms with Gasteiger partial charge in [0.15, 0.2) is 0 Å². The van der Waals surface area contributed by atoms with Crippen molar-refractivity contribution in [3.63, 3.8) is 0 Å². The molecule has 0 aromatic heterocycles. The van der Waals surface area contributed by atoms with Gasteiger partial charge in [-0.2, -0.15) is 0 Å². The van der Waals surface area contributed by atoms with Crippen LogP contribution in [0.2, 0.25) is 10.0 Å². The zero-order valence-electron chi connectivity index (χ0n) is 13.9. The molecule has 7 heteroatoms. The van der Waals surface area contributed by atoms with E-state index in [2.05, 4.69) is 5.32 Å². The molecule has 25 heavy (non-hydrogen) atoms. The summed E-state index contributed by atoms with van der Waals surface area (Å²) in [5, 5.41) is 13.6. The third kappa shape index (κ3) is 4.86. The SMILES string of the molecule is COCc1ccc(C(=O)NCC(O)c2c(Cl)cccc2Cl)cc1OC. The number of benzene rings is 2. The van der Waals surface area contributed by atoms with Crippen molar-refractivity contribution in [1.82, 2.24) is 5.32 Å². The Morgan fingerprint density at radius 2 is 1.88 bits per heavy atom. The van der Waals surface area contributed by atoms with Crippen LogP contribution in [0.4, 0.5) is 0 Å². The Labute approximate surface area is 156 Å². The lowest BCUT2D eigenvalue weighted by atomic mass is 10.1. The second-order valence-corrected chi connectivity index (χ2v) is 6.14. The number of halogens is 2. The lowest BCUT2D eigenvalue weighted by Gasteiger charge is -2.16. The molecule has 0 aliphatic carbocycles. The second-order valence-electron chi connectivity index (χ2n) is 5.32. The zero-order chi connectivity index (χ0) is 18.4. The number of methoxy groups -OCH3 is 2. The molecule has 0 bridgehead atoms. The van der Waals surface area contributed by atoms with Crippen LogP contribution in [0.3, 0.4) is 0 Å². The highest BCUT2D eigenvalue weighted by molar-refractivity contribution is 6.36. The Morgan fingerprint density at radius 1 is 1.20 bits per heavy atom. The Hall–Kier alpha value is -1.79. The number of hydrogen-bond donors (Lipinski definition) is 2. The molecule has 5 nitrogen and oxygen atoms in total. The van der Waals surface area contributed by atoms with Crippen LogP contribution < -0.4 is 10.1 Å². The third-order valence-corrected chi connectivity index (χ3v) is 4.30. The van der Waals surface area contributed by atoms with Crippen LogP contribution in [0.15, 0.2) is 36.4 Å². The van der Waals surface area contributed by atoms with Crippen LogP contribution in [0.5, 0.6) is 5.75 Å². The predicted octanol–water partition coefficient (Wildman–Crippen LogP) is 3.61. The van der Waals surface area contributed by atoms with Gasteiger partial charge in [-0.1, -0.05) is 35.3 Å². The first-order valence-electron chi connectivity index (χ1n) is 7.54. The largest absolute Gasteiger partial charge is 0.496 e. The zero-order valence-corrected chi connectivity index (χ0v) is 15.4. The molecular formula is C18H19Cl2NO4. The lowest BCUT2D eigenvalue weighted by Crippen LogP contribution is -2.28. The average molecular weight is 384 g/mol. The maximum atomic E-state index is 12.3. The summed E-state index contributed by atoms with van der Waals surface area (Å²) in [6.07, 6.45) is -1.01. The summed E-state index contributed by atoms with van der Waals surface area (Å²) >= 11 is 12.1. The van der Waals surface area contributed by atoms with Crippen LogP contribution in [-0.2, 0) is 11.3 Å². The number of carbonyl (C=O) groups is 1. The lowest BCUT2D eigenvalue weighted by molar-refractivity contribution is 0.0916. The average Bonchev–Trinajstić information content (AvgIpc) is 2.60. The Bertz CT molecular complexity index is 732. The minimum Gasteiger partial charge on any atom is -0.496 e. The van der Waals surface area contributed by atoms with Crippen molar-refractivity contribution in [2.24, 2.45) is 0 Å². The van der Waals surface area contributed by atoms with E-state index in [1.807, 2.05) is 0 Å². The summed E-state index contributed by atoms with van der Waals surface area (Å²) in [5.74, 6) is 0.216. The van der Waals surface area contributed by atoms with Crippen molar-refractivity contribution >= 4 is 29.1 Å². The monoisotopic (exact) mass is 383 g/mol. The highest BCUT2D eigenvalue weighted by atomic mass is 35.5. The Balaban J connectivity index is 2.07. The molecule has 2 rings (SSSR count). The van der Waals surface area contributed by atoms with Gasteiger partial charge in [0.2, 0.25) is 0 Å². The summed E-state index contributed by atoms with van der Waals surface area (Å²) in [4.78, 5) is 12.3. The number of nitrogens with one attached hydrogen (secondary N) is 1. The molecule has 1 unspecified atom stereocenters. The molecule has 0 aliphatic heterocycles. The fourth-order valence-electron chi connectivity index (χ4n) is 2.38. The van der Waals surface area contributed by atoms with E-state index in [0.29, 0.717) is 33.5 Å². The number of ether oxygens (including phenoxy) is 2. The van der Waals surface area contributed by atoms with Gasteiger partial charge in [0.1, 0.15) is 5.75 Å². The quantitative estimate of drug-likeness (QED) is 0.765. The summed E-state index contributed by atoms with van der Waals surface area (Å²) in [7, 11) is 3.11. The fourth-order valence-corrected chi connectivity index (χ4v) is 3.03. The van der Waals surface area contributed by atoms with Gasteiger partial charge < -0.3 is 19.9 Å². The van der Waals surface area contributed by atoms with E-state index >= 15 is 0 Å². The van der Waals surface area contributed by atoms with Gasteiger partial charge in [-0.05, 0) is 24.3 Å². The summed E-state index contributed by atoms with van der Waals surface area (Å²) in [6, 6.07) is 10.0. The standard InChI is InChI=1S/C18H19Cl2NO4/c1-24-10-12-7-6-11(8-16(12)25-2)18(23)21-9-15(22)17-13(19)4-3-5-14(17)20/h3-8,15,22H,9-10H2,1-2H3,(H,21,23). The summed E-state index contributed by atoms with van der Waals surface area (Å²) in [5.41, 5.74) is 1.64. The molecule has 2 aromatic rings. The fraction of sp³-hybridized carbons (Fsp3) is 0.278. The van der Waals surface area contributed by atoms with E-state index in [4.69, 9.17) is 32.7 Å². The smallest absolute Gasteiger partial charge is 0.251 e.